The molecule has 15 heavy (non-hydrogen) atoms. The van der Waals surface area contributed by atoms with Crippen LogP contribution in [0.25, 0.3) is 0 Å². The fourth-order valence-electron chi connectivity index (χ4n) is 1.27. The van der Waals surface area contributed by atoms with Crippen LogP contribution in [0.3, 0.4) is 0 Å². The lowest BCUT2D eigenvalue weighted by atomic mass is 10.0. The van der Waals surface area contributed by atoms with E-state index in [1.807, 2.05) is 0 Å². The van der Waals surface area contributed by atoms with Crippen LogP contribution >= 0.6 is 0 Å². The number of halogens is 2. The minimum Gasteiger partial charge on any atom is -0.466 e. The van der Waals surface area contributed by atoms with Crippen LogP contribution in [0.2, 0.25) is 0 Å². The van der Waals surface area contributed by atoms with Crippen LogP contribution in [0.5, 0.6) is 0 Å². The highest BCUT2D eigenvalue weighted by atomic mass is 19.1. The Morgan fingerprint density at radius 2 is 1.93 bits per heavy atom. The van der Waals surface area contributed by atoms with E-state index in [0.717, 1.165) is 12.1 Å². The summed E-state index contributed by atoms with van der Waals surface area (Å²) in [6.07, 6.45) is -0.233. The van der Waals surface area contributed by atoms with Gasteiger partial charge in [0, 0.05) is 5.56 Å². The maximum Gasteiger partial charge on any atom is 0.310 e. The standard InChI is InChI=1S/C11H12F2O2/c1-3-15-11(14)6-8-7(2)9(12)4-5-10(8)13/h4-5H,3,6H2,1-2H3. The second-order valence-corrected chi connectivity index (χ2v) is 3.11. The van der Waals surface area contributed by atoms with Gasteiger partial charge in [0.25, 0.3) is 0 Å². The first-order valence-corrected chi connectivity index (χ1v) is 4.65. The van der Waals surface area contributed by atoms with Gasteiger partial charge in [0.2, 0.25) is 0 Å². The molecule has 82 valence electrons. The average molecular weight is 214 g/mol. The highest BCUT2D eigenvalue weighted by Gasteiger charge is 2.14. The van der Waals surface area contributed by atoms with Crippen molar-refractivity contribution in [1.29, 1.82) is 0 Å². The van der Waals surface area contributed by atoms with Crippen molar-refractivity contribution in [2.24, 2.45) is 0 Å². The number of carbonyl (C=O) groups excluding carboxylic acids is 1. The Morgan fingerprint density at radius 3 is 2.53 bits per heavy atom. The molecule has 0 heterocycles. The summed E-state index contributed by atoms with van der Waals surface area (Å²) in [5, 5.41) is 0. The summed E-state index contributed by atoms with van der Waals surface area (Å²) in [5.74, 6) is -1.65. The van der Waals surface area contributed by atoms with Crippen molar-refractivity contribution in [2.45, 2.75) is 20.3 Å². The zero-order valence-corrected chi connectivity index (χ0v) is 8.64. The normalized spacial score (nSPS) is 10.1. The Balaban J connectivity index is 2.93. The van der Waals surface area contributed by atoms with E-state index in [1.54, 1.807) is 6.92 Å². The molecule has 0 atom stereocenters. The van der Waals surface area contributed by atoms with E-state index in [4.69, 9.17) is 0 Å². The zero-order valence-electron chi connectivity index (χ0n) is 8.64. The van der Waals surface area contributed by atoms with Crippen molar-refractivity contribution in [3.8, 4) is 0 Å². The molecule has 0 bridgehead atoms. The van der Waals surface area contributed by atoms with Crippen molar-refractivity contribution in [3.63, 3.8) is 0 Å². The Kier molecular flexibility index (Phi) is 3.77. The van der Waals surface area contributed by atoms with Crippen molar-refractivity contribution in [2.75, 3.05) is 6.61 Å². The first-order valence-electron chi connectivity index (χ1n) is 4.65. The van der Waals surface area contributed by atoms with E-state index in [9.17, 15) is 13.6 Å². The van der Waals surface area contributed by atoms with E-state index in [1.165, 1.54) is 6.92 Å². The molecule has 0 amide bonds. The van der Waals surface area contributed by atoms with Gasteiger partial charge in [0.05, 0.1) is 13.0 Å². The van der Waals surface area contributed by atoms with Crippen LogP contribution in [0.1, 0.15) is 18.1 Å². The number of ether oxygens (including phenoxy) is 1. The molecule has 0 N–H and O–H groups in total. The number of esters is 1. The van der Waals surface area contributed by atoms with E-state index >= 15 is 0 Å². The molecule has 4 heteroatoms. The molecule has 0 aliphatic carbocycles. The molecule has 0 saturated carbocycles. The lowest BCUT2D eigenvalue weighted by Crippen LogP contribution is -2.10. The molecule has 1 aromatic rings. The van der Waals surface area contributed by atoms with Gasteiger partial charge in [-0.2, -0.15) is 0 Å². The largest absolute Gasteiger partial charge is 0.466 e. The first-order chi connectivity index (χ1) is 7.06. The molecule has 0 aliphatic rings. The minimum absolute atomic E-state index is 0.0634. The molecule has 0 aromatic heterocycles. The van der Waals surface area contributed by atoms with Crippen LogP contribution in [-0.2, 0) is 16.0 Å². The predicted octanol–water partition coefficient (Wildman–Crippen LogP) is 2.38. The summed E-state index contributed by atoms with van der Waals surface area (Å²) in [4.78, 5) is 11.1. The van der Waals surface area contributed by atoms with Gasteiger partial charge >= 0.3 is 5.97 Å². The molecule has 0 radical (unpaired) electrons. The fraction of sp³-hybridized carbons (Fsp3) is 0.364. The molecule has 2 nitrogen and oxygen atoms in total. The van der Waals surface area contributed by atoms with Crippen LogP contribution in [0, 0.1) is 18.6 Å². The summed E-state index contributed by atoms with van der Waals surface area (Å²) >= 11 is 0. The highest BCUT2D eigenvalue weighted by molar-refractivity contribution is 5.73. The quantitative estimate of drug-likeness (QED) is 0.722. The molecule has 0 spiro atoms. The van der Waals surface area contributed by atoms with Gasteiger partial charge in [-0.25, -0.2) is 8.78 Å². The molecule has 1 aromatic carbocycles. The molecular weight excluding hydrogens is 202 g/mol. The average Bonchev–Trinajstić information content (AvgIpc) is 2.19. The number of hydrogen-bond acceptors (Lipinski definition) is 2. The topological polar surface area (TPSA) is 26.3 Å². The summed E-state index contributed by atoms with van der Waals surface area (Å²) in [6.45, 7) is 3.33. The van der Waals surface area contributed by atoms with Crippen molar-refractivity contribution in [3.05, 3.63) is 34.9 Å². The summed E-state index contributed by atoms with van der Waals surface area (Å²) in [6, 6.07) is 2.05. The Morgan fingerprint density at radius 1 is 1.33 bits per heavy atom. The van der Waals surface area contributed by atoms with Gasteiger partial charge in [-0.1, -0.05) is 0 Å². The molecule has 0 aliphatic heterocycles. The fourth-order valence-corrected chi connectivity index (χ4v) is 1.27. The minimum atomic E-state index is -0.582. The number of benzene rings is 1. The number of rotatable bonds is 3. The number of carbonyl (C=O) groups is 1. The smallest absolute Gasteiger partial charge is 0.310 e. The van der Waals surface area contributed by atoms with Gasteiger partial charge in [0.15, 0.2) is 0 Å². The lowest BCUT2D eigenvalue weighted by Gasteiger charge is -2.07. The lowest BCUT2D eigenvalue weighted by molar-refractivity contribution is -0.142. The second kappa shape index (κ2) is 4.87. The number of hydrogen-bond donors (Lipinski definition) is 0. The molecule has 0 fully saturated rings. The maximum atomic E-state index is 13.3. The van der Waals surface area contributed by atoms with Gasteiger partial charge in [-0.05, 0) is 31.5 Å². The molecular formula is C11H12F2O2. The van der Waals surface area contributed by atoms with E-state index < -0.39 is 17.6 Å². The SMILES string of the molecule is CCOC(=O)Cc1c(F)ccc(F)c1C. The maximum absolute atomic E-state index is 13.3. The van der Waals surface area contributed by atoms with Crippen LogP contribution in [0.15, 0.2) is 12.1 Å². The van der Waals surface area contributed by atoms with Crippen LogP contribution in [0.4, 0.5) is 8.78 Å². The third-order valence-corrected chi connectivity index (χ3v) is 2.10. The van der Waals surface area contributed by atoms with Crippen molar-refractivity contribution in [1.82, 2.24) is 0 Å². The third kappa shape index (κ3) is 2.75. The zero-order chi connectivity index (χ0) is 11.4. The van der Waals surface area contributed by atoms with Gasteiger partial charge in [0.1, 0.15) is 11.6 Å². The van der Waals surface area contributed by atoms with Crippen LogP contribution in [-0.4, -0.2) is 12.6 Å². The predicted molar refractivity (Wildman–Crippen MR) is 51.4 cm³/mol. The van der Waals surface area contributed by atoms with E-state index in [0.29, 0.717) is 0 Å². The monoisotopic (exact) mass is 214 g/mol. The first kappa shape index (κ1) is 11.6. The Labute approximate surface area is 86.9 Å². The van der Waals surface area contributed by atoms with Gasteiger partial charge in [-0.15, -0.1) is 0 Å². The summed E-state index contributed by atoms with van der Waals surface area (Å²) in [7, 11) is 0. The van der Waals surface area contributed by atoms with E-state index in [-0.39, 0.29) is 24.2 Å². The van der Waals surface area contributed by atoms with Gasteiger partial charge < -0.3 is 4.74 Å². The molecule has 1 rings (SSSR count). The van der Waals surface area contributed by atoms with E-state index in [2.05, 4.69) is 4.74 Å². The molecule has 0 saturated heterocycles. The summed E-state index contributed by atoms with van der Waals surface area (Å²) < 4.78 is 31.0. The van der Waals surface area contributed by atoms with Crippen molar-refractivity contribution < 1.29 is 18.3 Å². The third-order valence-electron chi connectivity index (χ3n) is 2.10. The molecule has 0 unspecified atom stereocenters. The Bertz CT molecular complexity index is 375. The van der Waals surface area contributed by atoms with Crippen molar-refractivity contribution >= 4 is 5.97 Å². The van der Waals surface area contributed by atoms with Gasteiger partial charge in [-0.3, -0.25) is 4.79 Å². The summed E-state index contributed by atoms with van der Waals surface area (Å²) in [5.41, 5.74) is 0.219. The Hall–Kier alpha value is -1.45. The highest BCUT2D eigenvalue weighted by Crippen LogP contribution is 2.17. The van der Waals surface area contributed by atoms with Crippen LogP contribution < -0.4 is 0 Å². The second-order valence-electron chi connectivity index (χ2n) is 3.11.